The predicted molar refractivity (Wildman–Crippen MR) is 90.3 cm³/mol. The van der Waals surface area contributed by atoms with Crippen LogP contribution in [0.25, 0.3) is 10.8 Å². The molecule has 1 saturated carbocycles. The molecular weight excluding hydrogens is 292 g/mol. The van der Waals surface area contributed by atoms with E-state index in [0.717, 1.165) is 17.2 Å². The van der Waals surface area contributed by atoms with Gasteiger partial charge in [0.15, 0.2) is 0 Å². The van der Waals surface area contributed by atoms with E-state index in [4.69, 9.17) is 4.74 Å². The van der Waals surface area contributed by atoms with Crippen LogP contribution in [0.1, 0.15) is 19.8 Å². The SMILES string of the molecule is CC(=O)Oc1ccc(SC2CC3C=CC2C3)c2ccccc12. The van der Waals surface area contributed by atoms with Crippen LogP contribution in [-0.2, 0) is 4.79 Å². The van der Waals surface area contributed by atoms with Crippen molar-refractivity contribution in [3.05, 3.63) is 48.6 Å². The van der Waals surface area contributed by atoms with Crippen LogP contribution >= 0.6 is 11.8 Å². The normalized spacial score (nSPS) is 25.8. The first-order valence-corrected chi connectivity index (χ1v) is 8.64. The highest BCUT2D eigenvalue weighted by molar-refractivity contribution is 8.00. The van der Waals surface area contributed by atoms with Gasteiger partial charge in [-0.15, -0.1) is 11.8 Å². The molecule has 0 N–H and O–H groups in total. The summed E-state index contributed by atoms with van der Waals surface area (Å²) in [5, 5.41) is 2.87. The van der Waals surface area contributed by atoms with Crippen molar-refractivity contribution in [1.29, 1.82) is 0 Å². The van der Waals surface area contributed by atoms with Crippen LogP contribution in [0.3, 0.4) is 0 Å². The highest BCUT2D eigenvalue weighted by atomic mass is 32.2. The zero-order valence-electron chi connectivity index (χ0n) is 12.5. The molecule has 0 aliphatic heterocycles. The summed E-state index contributed by atoms with van der Waals surface area (Å²) in [5.74, 6) is 1.89. The van der Waals surface area contributed by atoms with E-state index in [0.29, 0.717) is 11.0 Å². The lowest BCUT2D eigenvalue weighted by atomic mass is 10.1. The summed E-state index contributed by atoms with van der Waals surface area (Å²) in [6.45, 7) is 1.44. The third kappa shape index (κ3) is 2.44. The fourth-order valence-corrected chi connectivity index (χ4v) is 5.12. The molecule has 0 radical (unpaired) electrons. The first kappa shape index (κ1) is 13.9. The van der Waals surface area contributed by atoms with Crippen molar-refractivity contribution in [2.75, 3.05) is 0 Å². The Labute approximate surface area is 134 Å². The maximum absolute atomic E-state index is 11.3. The minimum absolute atomic E-state index is 0.274. The first-order valence-electron chi connectivity index (χ1n) is 7.76. The number of ether oxygens (including phenoxy) is 1. The Bertz CT molecular complexity index is 765. The molecule has 112 valence electrons. The van der Waals surface area contributed by atoms with E-state index in [1.807, 2.05) is 36.0 Å². The number of allylic oxidation sites excluding steroid dienone is 2. The fraction of sp³-hybridized carbons (Fsp3) is 0.316. The van der Waals surface area contributed by atoms with Gasteiger partial charge in [0.05, 0.1) is 0 Å². The van der Waals surface area contributed by atoms with Crippen molar-refractivity contribution < 1.29 is 9.53 Å². The van der Waals surface area contributed by atoms with Gasteiger partial charge in [0, 0.05) is 22.5 Å². The molecule has 2 aromatic carbocycles. The standard InChI is InChI=1S/C19H18O2S/c1-12(20)21-17-8-9-18(16-5-3-2-4-15(16)17)22-19-11-13-6-7-14(19)10-13/h2-9,13-14,19H,10-11H2,1H3. The Morgan fingerprint density at radius 3 is 2.59 bits per heavy atom. The Morgan fingerprint density at radius 2 is 1.91 bits per heavy atom. The van der Waals surface area contributed by atoms with Gasteiger partial charge in [-0.1, -0.05) is 36.4 Å². The molecule has 2 nitrogen and oxygen atoms in total. The van der Waals surface area contributed by atoms with E-state index in [2.05, 4.69) is 24.3 Å². The summed E-state index contributed by atoms with van der Waals surface area (Å²) in [4.78, 5) is 12.6. The van der Waals surface area contributed by atoms with Crippen LogP contribution in [0.5, 0.6) is 5.75 Å². The van der Waals surface area contributed by atoms with Crippen LogP contribution in [0.2, 0.25) is 0 Å². The minimum atomic E-state index is -0.274. The predicted octanol–water partition coefficient (Wildman–Crippen LogP) is 4.82. The fourth-order valence-electron chi connectivity index (χ4n) is 3.62. The van der Waals surface area contributed by atoms with Crippen molar-refractivity contribution in [1.82, 2.24) is 0 Å². The van der Waals surface area contributed by atoms with Crippen LogP contribution in [0.4, 0.5) is 0 Å². The van der Waals surface area contributed by atoms with E-state index >= 15 is 0 Å². The minimum Gasteiger partial charge on any atom is -0.426 e. The van der Waals surface area contributed by atoms with Gasteiger partial charge in [0.2, 0.25) is 0 Å². The van der Waals surface area contributed by atoms with Gasteiger partial charge in [-0.3, -0.25) is 4.79 Å². The molecule has 1 fully saturated rings. The number of esters is 1. The molecule has 4 rings (SSSR count). The summed E-state index contributed by atoms with van der Waals surface area (Å²) in [5.41, 5.74) is 0. The molecule has 2 bridgehead atoms. The Balaban J connectivity index is 1.69. The van der Waals surface area contributed by atoms with Crippen molar-refractivity contribution in [3.8, 4) is 5.75 Å². The largest absolute Gasteiger partial charge is 0.426 e. The molecule has 2 aliphatic carbocycles. The van der Waals surface area contributed by atoms with Crippen molar-refractivity contribution >= 4 is 28.5 Å². The average Bonchev–Trinajstić information content (AvgIpc) is 3.12. The van der Waals surface area contributed by atoms with Crippen molar-refractivity contribution in [2.24, 2.45) is 11.8 Å². The Hall–Kier alpha value is -1.74. The second kappa shape index (κ2) is 5.47. The maximum atomic E-state index is 11.3. The number of rotatable bonds is 3. The van der Waals surface area contributed by atoms with Gasteiger partial charge >= 0.3 is 5.97 Å². The maximum Gasteiger partial charge on any atom is 0.308 e. The zero-order chi connectivity index (χ0) is 15.1. The van der Waals surface area contributed by atoms with Crippen molar-refractivity contribution in [2.45, 2.75) is 29.9 Å². The van der Waals surface area contributed by atoms with E-state index in [1.165, 1.54) is 30.0 Å². The highest BCUT2D eigenvalue weighted by Crippen LogP contribution is 2.48. The molecule has 0 spiro atoms. The first-order chi connectivity index (χ1) is 10.7. The average molecular weight is 310 g/mol. The van der Waals surface area contributed by atoms with Gasteiger partial charge in [-0.2, -0.15) is 0 Å². The molecule has 0 aromatic heterocycles. The summed E-state index contributed by atoms with van der Waals surface area (Å²) in [7, 11) is 0. The Morgan fingerprint density at radius 1 is 1.09 bits per heavy atom. The van der Waals surface area contributed by atoms with Gasteiger partial charge in [0.1, 0.15) is 5.75 Å². The number of hydrogen-bond donors (Lipinski definition) is 0. The number of benzene rings is 2. The summed E-state index contributed by atoms with van der Waals surface area (Å²) >= 11 is 1.98. The number of thioether (sulfide) groups is 1. The lowest BCUT2D eigenvalue weighted by molar-refractivity contribution is -0.131. The number of hydrogen-bond acceptors (Lipinski definition) is 3. The molecule has 2 aliphatic rings. The van der Waals surface area contributed by atoms with Gasteiger partial charge in [-0.25, -0.2) is 0 Å². The number of carbonyl (C=O) groups is 1. The van der Waals surface area contributed by atoms with Gasteiger partial charge < -0.3 is 4.74 Å². The van der Waals surface area contributed by atoms with Gasteiger partial charge in [-0.05, 0) is 42.2 Å². The zero-order valence-corrected chi connectivity index (χ0v) is 13.3. The van der Waals surface area contributed by atoms with E-state index in [-0.39, 0.29) is 5.97 Å². The summed E-state index contributed by atoms with van der Waals surface area (Å²) < 4.78 is 5.34. The topological polar surface area (TPSA) is 26.3 Å². The second-order valence-corrected chi connectivity index (χ2v) is 7.42. The van der Waals surface area contributed by atoms with E-state index in [1.54, 1.807) is 0 Å². The third-order valence-electron chi connectivity index (χ3n) is 4.59. The third-order valence-corrected chi connectivity index (χ3v) is 6.05. The summed E-state index contributed by atoms with van der Waals surface area (Å²) in [6, 6.07) is 12.2. The van der Waals surface area contributed by atoms with E-state index in [9.17, 15) is 4.79 Å². The monoisotopic (exact) mass is 310 g/mol. The smallest absolute Gasteiger partial charge is 0.308 e. The molecule has 0 heterocycles. The number of fused-ring (bicyclic) bond motifs is 3. The molecule has 0 saturated heterocycles. The Kier molecular flexibility index (Phi) is 3.45. The lowest BCUT2D eigenvalue weighted by Crippen LogP contribution is -2.08. The lowest BCUT2D eigenvalue weighted by Gasteiger charge is -2.19. The second-order valence-electron chi connectivity index (χ2n) is 6.14. The quantitative estimate of drug-likeness (QED) is 0.462. The van der Waals surface area contributed by atoms with Crippen LogP contribution in [0, 0.1) is 11.8 Å². The molecule has 2 aromatic rings. The van der Waals surface area contributed by atoms with E-state index < -0.39 is 0 Å². The molecule has 3 atom stereocenters. The molecular formula is C19H18O2S. The summed E-state index contributed by atoms with van der Waals surface area (Å²) in [6.07, 6.45) is 7.37. The van der Waals surface area contributed by atoms with Gasteiger partial charge in [0.25, 0.3) is 0 Å². The van der Waals surface area contributed by atoms with Crippen LogP contribution in [-0.4, -0.2) is 11.2 Å². The molecule has 3 unspecified atom stereocenters. The van der Waals surface area contributed by atoms with Crippen molar-refractivity contribution in [3.63, 3.8) is 0 Å². The number of carbonyl (C=O) groups excluding carboxylic acids is 1. The molecule has 22 heavy (non-hydrogen) atoms. The molecule has 0 amide bonds. The van der Waals surface area contributed by atoms with Crippen LogP contribution in [0.15, 0.2) is 53.4 Å². The highest BCUT2D eigenvalue weighted by Gasteiger charge is 2.36. The molecule has 3 heteroatoms. The van der Waals surface area contributed by atoms with Crippen LogP contribution < -0.4 is 4.74 Å².